The monoisotopic (exact) mass is 262 g/mol. The Labute approximate surface area is 107 Å². The van der Waals surface area contributed by atoms with Crippen LogP contribution in [0, 0.1) is 0 Å². The molecule has 18 heavy (non-hydrogen) atoms. The number of carbonyl (C=O) groups is 2. The van der Waals surface area contributed by atoms with Gasteiger partial charge in [0, 0.05) is 19.6 Å². The van der Waals surface area contributed by atoms with Crippen molar-refractivity contribution in [3.05, 3.63) is 0 Å². The Morgan fingerprint density at radius 3 is 2.11 bits per heavy atom. The summed E-state index contributed by atoms with van der Waals surface area (Å²) in [5.74, 6) is -0.519. The van der Waals surface area contributed by atoms with E-state index in [4.69, 9.17) is 4.74 Å². The van der Waals surface area contributed by atoms with Crippen molar-refractivity contribution in [3.63, 3.8) is 0 Å². The summed E-state index contributed by atoms with van der Waals surface area (Å²) in [5, 5.41) is 5.93. The number of hydrogen-bond acceptors (Lipinski definition) is 7. The van der Waals surface area contributed by atoms with Gasteiger partial charge < -0.3 is 24.8 Å². The van der Waals surface area contributed by atoms with Gasteiger partial charge in [-0.15, -0.1) is 0 Å². The third kappa shape index (κ3) is 11.3. The van der Waals surface area contributed by atoms with Crippen LogP contribution in [0.5, 0.6) is 0 Å². The molecule has 0 heterocycles. The van der Waals surface area contributed by atoms with Crippen molar-refractivity contribution in [2.75, 3.05) is 53.6 Å². The van der Waals surface area contributed by atoms with Crippen molar-refractivity contribution in [1.29, 1.82) is 0 Å². The maximum atomic E-state index is 10.8. The molecule has 2 N–H and O–H groups in total. The van der Waals surface area contributed by atoms with Crippen LogP contribution in [0.25, 0.3) is 0 Å². The standard InChI is InChI=1S/C11H22N2O5/c1-16-10(14)3-4-12-5-7-18-8-6-13-9-11(15)17-2/h12-13H,3-9H2,1-2H3. The number of hydrogen-bond donors (Lipinski definition) is 2. The molecule has 0 rings (SSSR count). The van der Waals surface area contributed by atoms with Gasteiger partial charge in [0.15, 0.2) is 0 Å². The number of ether oxygens (including phenoxy) is 3. The summed E-state index contributed by atoms with van der Waals surface area (Å²) in [4.78, 5) is 21.5. The van der Waals surface area contributed by atoms with Crippen molar-refractivity contribution < 1.29 is 23.8 Å². The molecule has 0 aromatic carbocycles. The van der Waals surface area contributed by atoms with Crippen molar-refractivity contribution >= 4 is 11.9 Å². The molecule has 106 valence electrons. The zero-order chi connectivity index (χ0) is 13.6. The van der Waals surface area contributed by atoms with Crippen LogP contribution >= 0.6 is 0 Å². The Morgan fingerprint density at radius 1 is 0.889 bits per heavy atom. The summed E-state index contributed by atoms with van der Waals surface area (Å²) in [5.41, 5.74) is 0. The van der Waals surface area contributed by atoms with E-state index in [1.54, 1.807) is 0 Å². The van der Waals surface area contributed by atoms with Gasteiger partial charge in [-0.2, -0.15) is 0 Å². The predicted molar refractivity (Wildman–Crippen MR) is 65.2 cm³/mol. The molecular weight excluding hydrogens is 240 g/mol. The molecule has 0 aromatic heterocycles. The molecule has 0 aliphatic carbocycles. The molecular formula is C11H22N2O5. The molecule has 0 radical (unpaired) electrons. The zero-order valence-corrected chi connectivity index (χ0v) is 11.0. The summed E-state index contributed by atoms with van der Waals surface area (Å²) < 4.78 is 14.2. The van der Waals surface area contributed by atoms with E-state index in [1.807, 2.05) is 0 Å². The normalized spacial score (nSPS) is 10.1. The smallest absolute Gasteiger partial charge is 0.319 e. The Morgan fingerprint density at radius 2 is 1.50 bits per heavy atom. The second kappa shape index (κ2) is 12.3. The molecule has 0 fully saturated rings. The van der Waals surface area contributed by atoms with Crippen molar-refractivity contribution in [2.24, 2.45) is 0 Å². The van der Waals surface area contributed by atoms with Crippen LogP contribution in [0.2, 0.25) is 0 Å². The minimum absolute atomic E-state index is 0.192. The number of methoxy groups -OCH3 is 2. The van der Waals surface area contributed by atoms with Gasteiger partial charge in [0.05, 0.1) is 40.4 Å². The lowest BCUT2D eigenvalue weighted by Crippen LogP contribution is -2.28. The number of esters is 2. The lowest BCUT2D eigenvalue weighted by molar-refractivity contribution is -0.141. The summed E-state index contributed by atoms with van der Waals surface area (Å²) in [7, 11) is 2.72. The number of carbonyl (C=O) groups excluding carboxylic acids is 2. The van der Waals surface area contributed by atoms with Crippen molar-refractivity contribution in [3.8, 4) is 0 Å². The molecule has 0 unspecified atom stereocenters. The van der Waals surface area contributed by atoms with Crippen molar-refractivity contribution in [2.45, 2.75) is 6.42 Å². The molecule has 0 atom stereocenters. The van der Waals surface area contributed by atoms with Gasteiger partial charge in [-0.05, 0) is 0 Å². The molecule has 0 aromatic rings. The summed E-state index contributed by atoms with van der Waals surface area (Å²) in [6.45, 7) is 3.12. The molecule has 0 bridgehead atoms. The van der Waals surface area contributed by atoms with E-state index in [9.17, 15) is 9.59 Å². The third-order valence-electron chi connectivity index (χ3n) is 2.08. The minimum Gasteiger partial charge on any atom is -0.469 e. The lowest BCUT2D eigenvalue weighted by Gasteiger charge is -2.06. The number of nitrogens with one attached hydrogen (secondary N) is 2. The van der Waals surface area contributed by atoms with Gasteiger partial charge >= 0.3 is 11.9 Å². The first kappa shape index (κ1) is 16.8. The fourth-order valence-corrected chi connectivity index (χ4v) is 1.07. The second-order valence-corrected chi connectivity index (χ2v) is 3.44. The molecule has 0 amide bonds. The Kier molecular flexibility index (Phi) is 11.5. The zero-order valence-electron chi connectivity index (χ0n) is 11.0. The van der Waals surface area contributed by atoms with E-state index in [-0.39, 0.29) is 18.5 Å². The first-order chi connectivity index (χ1) is 8.70. The van der Waals surface area contributed by atoms with Crippen LogP contribution in [0.1, 0.15) is 6.42 Å². The Bertz CT molecular complexity index is 211. The van der Waals surface area contributed by atoms with Crippen LogP contribution in [-0.4, -0.2) is 65.6 Å². The lowest BCUT2D eigenvalue weighted by atomic mass is 10.4. The molecule has 0 aliphatic heterocycles. The topological polar surface area (TPSA) is 85.9 Å². The van der Waals surface area contributed by atoms with E-state index in [2.05, 4.69) is 20.1 Å². The highest BCUT2D eigenvalue weighted by Crippen LogP contribution is 1.81. The van der Waals surface area contributed by atoms with E-state index in [0.717, 1.165) is 0 Å². The fourth-order valence-electron chi connectivity index (χ4n) is 1.07. The van der Waals surface area contributed by atoms with Gasteiger partial charge in [-0.25, -0.2) is 0 Å². The van der Waals surface area contributed by atoms with Gasteiger partial charge in [0.25, 0.3) is 0 Å². The maximum absolute atomic E-state index is 10.8. The first-order valence-corrected chi connectivity index (χ1v) is 5.83. The van der Waals surface area contributed by atoms with Crippen molar-refractivity contribution in [1.82, 2.24) is 10.6 Å². The van der Waals surface area contributed by atoms with E-state index >= 15 is 0 Å². The molecule has 7 heteroatoms. The summed E-state index contributed by atoms with van der Waals surface area (Å²) >= 11 is 0. The Hall–Kier alpha value is -1.18. The highest BCUT2D eigenvalue weighted by Gasteiger charge is 1.99. The molecule has 0 saturated heterocycles. The van der Waals surface area contributed by atoms with Crippen LogP contribution in [0.3, 0.4) is 0 Å². The quantitative estimate of drug-likeness (QED) is 0.362. The maximum Gasteiger partial charge on any atom is 0.319 e. The summed E-state index contributed by atoms with van der Waals surface area (Å²) in [6.07, 6.45) is 0.358. The molecule has 0 spiro atoms. The van der Waals surface area contributed by atoms with Gasteiger partial charge in [-0.1, -0.05) is 0 Å². The highest BCUT2D eigenvalue weighted by molar-refractivity contribution is 5.71. The molecule has 0 saturated carbocycles. The van der Waals surface area contributed by atoms with Gasteiger partial charge in [0.1, 0.15) is 0 Å². The first-order valence-electron chi connectivity index (χ1n) is 5.83. The van der Waals surface area contributed by atoms with Crippen LogP contribution in [0.4, 0.5) is 0 Å². The van der Waals surface area contributed by atoms with Crippen LogP contribution in [-0.2, 0) is 23.8 Å². The van der Waals surface area contributed by atoms with E-state index in [1.165, 1.54) is 14.2 Å². The SMILES string of the molecule is COC(=O)CCNCCOCCNCC(=O)OC. The molecule has 7 nitrogen and oxygen atoms in total. The average molecular weight is 262 g/mol. The predicted octanol–water partition coefficient (Wildman–Crippen LogP) is -1.08. The van der Waals surface area contributed by atoms with E-state index in [0.29, 0.717) is 39.3 Å². The van der Waals surface area contributed by atoms with Gasteiger partial charge in [0.2, 0.25) is 0 Å². The second-order valence-electron chi connectivity index (χ2n) is 3.44. The van der Waals surface area contributed by atoms with E-state index < -0.39 is 0 Å². The van der Waals surface area contributed by atoms with Crippen LogP contribution in [0.15, 0.2) is 0 Å². The fraction of sp³-hybridized carbons (Fsp3) is 0.818. The highest BCUT2D eigenvalue weighted by atomic mass is 16.5. The summed E-state index contributed by atoms with van der Waals surface area (Å²) in [6, 6.07) is 0. The number of rotatable bonds is 11. The van der Waals surface area contributed by atoms with Crippen LogP contribution < -0.4 is 10.6 Å². The average Bonchev–Trinajstić information content (AvgIpc) is 2.40. The van der Waals surface area contributed by atoms with Gasteiger partial charge in [-0.3, -0.25) is 9.59 Å². The minimum atomic E-state index is -0.292. The molecule has 0 aliphatic rings. The Balaban J connectivity index is 3.07. The largest absolute Gasteiger partial charge is 0.469 e. The third-order valence-corrected chi connectivity index (χ3v) is 2.08.